The van der Waals surface area contributed by atoms with Gasteiger partial charge in [-0.2, -0.15) is 0 Å². The van der Waals surface area contributed by atoms with Gasteiger partial charge < -0.3 is 15.7 Å². The Morgan fingerprint density at radius 2 is 1.77 bits per heavy atom. The van der Waals surface area contributed by atoms with Crippen molar-refractivity contribution in [2.45, 2.75) is 45.1 Å². The van der Waals surface area contributed by atoms with Crippen LogP contribution in [-0.4, -0.2) is 38.2 Å². The summed E-state index contributed by atoms with van der Waals surface area (Å²) in [6.07, 6.45) is 0.708. The first-order valence-electron chi connectivity index (χ1n) is 9.18. The van der Waals surface area contributed by atoms with Gasteiger partial charge in [0.05, 0.1) is 17.8 Å². The molecule has 0 spiro atoms. The van der Waals surface area contributed by atoms with E-state index < -0.39 is 31.5 Å². The Morgan fingerprint density at radius 3 is 2.27 bits per heavy atom. The van der Waals surface area contributed by atoms with Crippen molar-refractivity contribution in [3.63, 3.8) is 0 Å². The molecule has 1 atom stereocenters. The standard InChI is InChI=1S/C19H26ClN3O6S/c1-7-12(19(2,3)4)22-14-13(16(25)17(14)26)21-11-9-8-10(20)18(15(11)24)30(27,28)23(5)29-6/h8-9,12,21-22,24H,7H2,1-6H3/t12-/m0/s1. The Balaban J connectivity index is 2.49. The number of phenols is 1. The number of nitrogens with zero attached hydrogens (tertiary/aromatic N) is 1. The third-order valence-electron chi connectivity index (χ3n) is 4.88. The van der Waals surface area contributed by atoms with Crippen LogP contribution in [0, 0.1) is 5.41 Å². The quantitative estimate of drug-likeness (QED) is 0.312. The molecule has 30 heavy (non-hydrogen) atoms. The molecule has 2 rings (SSSR count). The van der Waals surface area contributed by atoms with Gasteiger partial charge in [0.2, 0.25) is 0 Å². The molecule has 0 bridgehead atoms. The predicted octanol–water partition coefficient (Wildman–Crippen LogP) is 2.80. The molecule has 11 heteroatoms. The van der Waals surface area contributed by atoms with Crippen LogP contribution in [0.1, 0.15) is 34.1 Å². The maximum atomic E-state index is 12.6. The van der Waals surface area contributed by atoms with Crippen LogP contribution < -0.4 is 21.5 Å². The Bertz CT molecular complexity index is 1120. The first kappa shape index (κ1) is 24.1. The molecule has 3 N–H and O–H groups in total. The predicted molar refractivity (Wildman–Crippen MR) is 117 cm³/mol. The molecule has 2 aromatic rings. The fourth-order valence-corrected chi connectivity index (χ4v) is 4.58. The average Bonchev–Trinajstić information content (AvgIpc) is 2.66. The number of sulfonamides is 1. The number of hydrogen-bond donors (Lipinski definition) is 3. The van der Waals surface area contributed by atoms with Gasteiger partial charge in [0.1, 0.15) is 16.3 Å². The first-order valence-corrected chi connectivity index (χ1v) is 11.0. The van der Waals surface area contributed by atoms with Gasteiger partial charge in [-0.3, -0.25) is 14.4 Å². The molecule has 0 heterocycles. The minimum Gasteiger partial charge on any atom is -0.504 e. The number of hydrogen-bond acceptors (Lipinski definition) is 8. The molecule has 0 aliphatic carbocycles. The molecule has 0 aliphatic rings. The van der Waals surface area contributed by atoms with Gasteiger partial charge in [-0.05, 0) is 24.0 Å². The minimum atomic E-state index is -4.27. The van der Waals surface area contributed by atoms with Crippen LogP contribution in [0.3, 0.4) is 0 Å². The van der Waals surface area contributed by atoms with Gasteiger partial charge >= 0.3 is 0 Å². The SMILES string of the molecule is CC[C@H](Nc1c(Nc2ccc(Cl)c(S(=O)(=O)N(C)OC)c2O)c(=O)c1=O)C(C)(C)C. The summed E-state index contributed by atoms with van der Waals surface area (Å²) in [6.45, 7) is 7.96. The monoisotopic (exact) mass is 459 g/mol. The maximum Gasteiger partial charge on any atom is 0.269 e. The molecule has 0 fully saturated rings. The van der Waals surface area contributed by atoms with Gasteiger partial charge in [0, 0.05) is 13.1 Å². The fraction of sp³-hybridized carbons (Fsp3) is 0.474. The fourth-order valence-electron chi connectivity index (χ4n) is 3.01. The zero-order chi connectivity index (χ0) is 23.0. The number of rotatable bonds is 8. The van der Waals surface area contributed by atoms with Crippen molar-refractivity contribution in [3.8, 4) is 5.75 Å². The lowest BCUT2D eigenvalue weighted by Crippen LogP contribution is -2.42. The van der Waals surface area contributed by atoms with E-state index in [1.165, 1.54) is 12.1 Å². The molecule has 0 unspecified atom stereocenters. The summed E-state index contributed by atoms with van der Waals surface area (Å²) in [5.74, 6) is -0.701. The molecular formula is C19H26ClN3O6S. The van der Waals surface area contributed by atoms with Crippen molar-refractivity contribution in [3.05, 3.63) is 37.6 Å². The van der Waals surface area contributed by atoms with Gasteiger partial charge in [0.25, 0.3) is 20.9 Å². The second-order valence-corrected chi connectivity index (χ2v) is 10.2. The first-order chi connectivity index (χ1) is 13.8. The summed E-state index contributed by atoms with van der Waals surface area (Å²) in [7, 11) is -1.99. The number of halogens is 1. The van der Waals surface area contributed by atoms with E-state index in [9.17, 15) is 23.1 Å². The van der Waals surface area contributed by atoms with Crippen molar-refractivity contribution in [1.29, 1.82) is 0 Å². The van der Waals surface area contributed by atoms with E-state index in [2.05, 4.69) is 10.6 Å². The van der Waals surface area contributed by atoms with E-state index in [0.29, 0.717) is 10.9 Å². The second-order valence-electron chi connectivity index (χ2n) is 7.87. The van der Waals surface area contributed by atoms with Gasteiger partial charge in [-0.25, -0.2) is 8.42 Å². The zero-order valence-electron chi connectivity index (χ0n) is 17.7. The zero-order valence-corrected chi connectivity index (χ0v) is 19.2. The molecule has 0 amide bonds. The molecule has 2 aromatic carbocycles. The highest BCUT2D eigenvalue weighted by atomic mass is 35.5. The molecule has 0 saturated carbocycles. The van der Waals surface area contributed by atoms with Crippen LogP contribution in [0.15, 0.2) is 26.6 Å². The van der Waals surface area contributed by atoms with Crippen LogP contribution in [0.25, 0.3) is 0 Å². The topological polar surface area (TPSA) is 125 Å². The molecule has 0 aromatic heterocycles. The summed E-state index contributed by atoms with van der Waals surface area (Å²) in [4.78, 5) is 28.4. The van der Waals surface area contributed by atoms with Crippen LogP contribution in [0.4, 0.5) is 17.1 Å². The number of aromatic hydroxyl groups is 1. The van der Waals surface area contributed by atoms with Crippen molar-refractivity contribution in [2.24, 2.45) is 5.41 Å². The van der Waals surface area contributed by atoms with Gasteiger partial charge in [0.15, 0.2) is 5.75 Å². The molecular weight excluding hydrogens is 434 g/mol. The van der Waals surface area contributed by atoms with Crippen LogP contribution >= 0.6 is 11.6 Å². The van der Waals surface area contributed by atoms with Gasteiger partial charge in [-0.15, -0.1) is 0 Å². The largest absolute Gasteiger partial charge is 0.504 e. The minimum absolute atomic E-state index is 0.0521. The van der Waals surface area contributed by atoms with Crippen LogP contribution in [-0.2, 0) is 14.9 Å². The lowest BCUT2D eigenvalue weighted by molar-refractivity contribution is -0.0259. The lowest BCUT2D eigenvalue weighted by atomic mass is 9.85. The maximum absolute atomic E-state index is 12.6. The molecule has 9 nitrogen and oxygen atoms in total. The Hall–Kier alpha value is -2.14. The smallest absolute Gasteiger partial charge is 0.269 e. The van der Waals surface area contributed by atoms with Crippen molar-refractivity contribution in [2.75, 3.05) is 24.8 Å². The van der Waals surface area contributed by atoms with E-state index in [1.54, 1.807) is 0 Å². The highest BCUT2D eigenvalue weighted by molar-refractivity contribution is 7.89. The highest BCUT2D eigenvalue weighted by Crippen LogP contribution is 2.40. The van der Waals surface area contributed by atoms with Gasteiger partial charge in [-0.1, -0.05) is 43.8 Å². The third-order valence-corrected chi connectivity index (χ3v) is 7.06. The number of anilines is 3. The summed E-state index contributed by atoms with van der Waals surface area (Å²) in [5, 5.41) is 16.1. The van der Waals surface area contributed by atoms with Crippen LogP contribution in [0.2, 0.25) is 5.02 Å². The second kappa shape index (κ2) is 8.54. The van der Waals surface area contributed by atoms with Crippen molar-refractivity contribution in [1.82, 2.24) is 4.47 Å². The molecule has 166 valence electrons. The molecule has 0 radical (unpaired) electrons. The van der Waals surface area contributed by atoms with E-state index in [-0.39, 0.29) is 33.5 Å². The Kier molecular flexibility index (Phi) is 6.87. The number of hydroxylamine groups is 1. The van der Waals surface area contributed by atoms with E-state index in [0.717, 1.165) is 14.2 Å². The normalized spacial score (nSPS) is 13.6. The Labute approximate surface area is 180 Å². The summed E-state index contributed by atoms with van der Waals surface area (Å²) in [5.41, 5.74) is -1.69. The molecule has 0 aliphatic heterocycles. The summed E-state index contributed by atoms with van der Waals surface area (Å²) in [6, 6.07) is 2.47. The van der Waals surface area contributed by atoms with E-state index in [4.69, 9.17) is 16.4 Å². The third kappa shape index (κ3) is 4.31. The lowest BCUT2D eigenvalue weighted by Gasteiger charge is -2.32. The Morgan fingerprint density at radius 1 is 1.20 bits per heavy atom. The average molecular weight is 460 g/mol. The van der Waals surface area contributed by atoms with Crippen molar-refractivity contribution < 1.29 is 18.4 Å². The van der Waals surface area contributed by atoms with Crippen LogP contribution in [0.5, 0.6) is 5.75 Å². The number of nitrogens with one attached hydrogen (secondary N) is 2. The summed E-state index contributed by atoms with van der Waals surface area (Å²) < 4.78 is 25.7. The highest BCUT2D eigenvalue weighted by Gasteiger charge is 2.32. The van der Waals surface area contributed by atoms with E-state index in [1.807, 2.05) is 27.7 Å². The van der Waals surface area contributed by atoms with E-state index >= 15 is 0 Å². The number of phenolic OH excluding ortho intramolecular Hbond substituents is 1. The van der Waals surface area contributed by atoms with Crippen molar-refractivity contribution >= 4 is 38.7 Å². The number of benzene rings is 1. The molecule has 0 saturated heterocycles. The summed E-state index contributed by atoms with van der Waals surface area (Å²) >= 11 is 6.00.